The minimum Gasteiger partial charge on any atom is -0.274 e. The lowest BCUT2D eigenvalue weighted by molar-refractivity contribution is -0.384. The summed E-state index contributed by atoms with van der Waals surface area (Å²) in [5, 5.41) is 11.1. The minimum absolute atomic E-state index is 0.0731. The van der Waals surface area contributed by atoms with Crippen molar-refractivity contribution in [1.29, 1.82) is 0 Å². The molecule has 2 amide bonds. The van der Waals surface area contributed by atoms with E-state index in [1.807, 2.05) is 12.2 Å². The first-order valence-corrected chi connectivity index (χ1v) is 7.87. The van der Waals surface area contributed by atoms with Crippen LogP contribution in [0.4, 0.5) is 11.4 Å². The lowest BCUT2D eigenvalue weighted by atomic mass is 9.63. The molecule has 5 rings (SSSR count). The van der Waals surface area contributed by atoms with Crippen molar-refractivity contribution < 1.29 is 14.5 Å². The zero-order valence-electron chi connectivity index (χ0n) is 12.0. The maximum absolute atomic E-state index is 12.8. The van der Waals surface area contributed by atoms with Crippen molar-refractivity contribution in [2.24, 2.45) is 23.7 Å². The van der Waals surface area contributed by atoms with Crippen molar-refractivity contribution in [1.82, 2.24) is 0 Å². The van der Waals surface area contributed by atoms with E-state index in [0.717, 1.165) is 17.7 Å². The molecular weight excluding hydrogens is 320 g/mol. The highest BCUT2D eigenvalue weighted by atomic mass is 35.5. The number of hydrogen-bond donors (Lipinski definition) is 0. The van der Waals surface area contributed by atoms with Crippen LogP contribution >= 0.6 is 11.6 Å². The molecule has 1 aliphatic heterocycles. The maximum Gasteiger partial charge on any atom is 0.271 e. The highest BCUT2D eigenvalue weighted by Crippen LogP contribution is 2.51. The number of benzene rings is 1. The summed E-state index contributed by atoms with van der Waals surface area (Å²) in [6, 6.07) is 3.81. The Balaban J connectivity index is 1.79. The summed E-state index contributed by atoms with van der Waals surface area (Å²) in [5.74, 6) is -1.15. The summed E-state index contributed by atoms with van der Waals surface area (Å²) in [6.07, 6.45) is 5.86. The monoisotopic (exact) mass is 332 g/mol. The van der Waals surface area contributed by atoms with Crippen LogP contribution in [-0.4, -0.2) is 16.7 Å². The van der Waals surface area contributed by atoms with Gasteiger partial charge in [-0.2, -0.15) is 0 Å². The first kappa shape index (κ1) is 14.4. The Kier molecular flexibility index (Phi) is 3.06. The van der Waals surface area contributed by atoms with Crippen LogP contribution in [0.1, 0.15) is 12.8 Å². The molecule has 0 spiro atoms. The molecule has 1 saturated carbocycles. The predicted molar refractivity (Wildman–Crippen MR) is 82.9 cm³/mol. The molecular formula is C16H13ClN2O4. The number of fused-ring (bicyclic) bond motifs is 1. The number of carbonyl (C=O) groups is 2. The Bertz CT molecular complexity index is 743. The number of non-ortho nitro benzene ring substituents is 1. The number of nitrogens with zero attached hydrogens (tertiary/aromatic N) is 2. The summed E-state index contributed by atoms with van der Waals surface area (Å²) in [6.45, 7) is 0. The van der Waals surface area contributed by atoms with Gasteiger partial charge in [0.2, 0.25) is 11.8 Å². The summed E-state index contributed by atoms with van der Waals surface area (Å²) in [4.78, 5) is 37.1. The second-order valence-electron chi connectivity index (χ2n) is 6.25. The van der Waals surface area contributed by atoms with Gasteiger partial charge in [-0.05, 0) is 30.7 Å². The molecule has 2 bridgehead atoms. The number of rotatable bonds is 2. The molecule has 0 N–H and O–H groups in total. The zero-order chi connectivity index (χ0) is 16.3. The molecule has 4 atom stereocenters. The third-order valence-corrected chi connectivity index (χ3v) is 5.46. The number of carbonyl (C=O) groups excluding carboxylic acids is 2. The molecule has 1 aromatic rings. The van der Waals surface area contributed by atoms with Gasteiger partial charge >= 0.3 is 0 Å². The van der Waals surface area contributed by atoms with E-state index in [1.165, 1.54) is 18.2 Å². The Morgan fingerprint density at radius 2 is 1.65 bits per heavy atom. The van der Waals surface area contributed by atoms with Crippen LogP contribution in [0.2, 0.25) is 5.02 Å². The molecule has 23 heavy (non-hydrogen) atoms. The highest BCUT2D eigenvalue weighted by molar-refractivity contribution is 6.36. The second kappa shape index (κ2) is 4.89. The van der Waals surface area contributed by atoms with Gasteiger partial charge in [-0.1, -0.05) is 23.8 Å². The molecule has 6 nitrogen and oxygen atoms in total. The molecule has 0 radical (unpaired) electrons. The van der Waals surface area contributed by atoms with Gasteiger partial charge in [0.1, 0.15) is 0 Å². The van der Waals surface area contributed by atoms with Crippen LogP contribution in [0.3, 0.4) is 0 Å². The number of halogens is 1. The maximum atomic E-state index is 12.8. The van der Waals surface area contributed by atoms with Gasteiger partial charge in [0.15, 0.2) is 0 Å². The summed E-state index contributed by atoms with van der Waals surface area (Å²) in [7, 11) is 0. The average molecular weight is 333 g/mol. The van der Waals surface area contributed by atoms with Crippen LogP contribution in [0, 0.1) is 33.8 Å². The molecule has 4 aliphatic rings. The van der Waals surface area contributed by atoms with Crippen molar-refractivity contribution in [3.63, 3.8) is 0 Å². The fourth-order valence-corrected chi connectivity index (χ4v) is 4.30. The summed E-state index contributed by atoms with van der Waals surface area (Å²) in [5.41, 5.74) is -0.0781. The average Bonchev–Trinajstić information content (AvgIpc) is 2.83. The van der Waals surface area contributed by atoms with E-state index in [9.17, 15) is 19.7 Å². The Labute approximate surface area is 136 Å². The molecule has 1 saturated heterocycles. The Hall–Kier alpha value is -2.21. The lowest BCUT2D eigenvalue weighted by Gasteiger charge is -2.38. The third kappa shape index (κ3) is 1.94. The number of amides is 2. The number of imide groups is 1. The smallest absolute Gasteiger partial charge is 0.271 e. The first-order chi connectivity index (χ1) is 11.0. The highest BCUT2D eigenvalue weighted by Gasteiger charge is 2.57. The molecule has 1 heterocycles. The topological polar surface area (TPSA) is 80.5 Å². The van der Waals surface area contributed by atoms with Crippen LogP contribution in [-0.2, 0) is 9.59 Å². The van der Waals surface area contributed by atoms with E-state index in [2.05, 4.69) is 0 Å². The standard InChI is InChI=1S/C16H13ClN2O4/c17-11-6-5-10(19(22)23)7-12(11)18-15(20)13-8-1-2-9(4-3-8)14(13)16(18)21/h1-2,5-9,13-14H,3-4H2/t8-,9+,13-,14+. The van der Waals surface area contributed by atoms with E-state index in [4.69, 9.17) is 11.6 Å². The molecule has 1 aromatic carbocycles. The van der Waals surface area contributed by atoms with Crippen molar-refractivity contribution in [2.45, 2.75) is 12.8 Å². The molecule has 118 valence electrons. The largest absolute Gasteiger partial charge is 0.274 e. The fourth-order valence-electron chi connectivity index (χ4n) is 4.10. The van der Waals surface area contributed by atoms with Crippen LogP contribution in [0.25, 0.3) is 0 Å². The summed E-state index contributed by atoms with van der Waals surface area (Å²) >= 11 is 6.11. The quantitative estimate of drug-likeness (QED) is 0.361. The van der Waals surface area contributed by atoms with E-state index >= 15 is 0 Å². The first-order valence-electron chi connectivity index (χ1n) is 7.49. The van der Waals surface area contributed by atoms with Gasteiger partial charge in [0, 0.05) is 12.1 Å². The Morgan fingerprint density at radius 3 is 2.13 bits per heavy atom. The molecule has 0 aromatic heterocycles. The molecule has 7 heteroatoms. The SMILES string of the molecule is O=C1[C@@H]2[C@H](C(=O)N1c1cc([N+](=O)[O-])ccc1Cl)[C@@H]1C=C[C@H]2CC1. The predicted octanol–water partition coefficient (Wildman–Crippen LogP) is 2.95. The van der Waals surface area contributed by atoms with Crippen molar-refractivity contribution in [2.75, 3.05) is 4.90 Å². The normalized spacial score (nSPS) is 31.6. The van der Waals surface area contributed by atoms with Crippen LogP contribution in [0.5, 0.6) is 0 Å². The van der Waals surface area contributed by atoms with Crippen molar-refractivity contribution in [3.05, 3.63) is 45.5 Å². The number of nitro benzene ring substituents is 1. The van der Waals surface area contributed by atoms with Gasteiger partial charge in [-0.15, -0.1) is 0 Å². The Morgan fingerprint density at radius 1 is 1.09 bits per heavy atom. The molecule has 0 unspecified atom stereocenters. The lowest BCUT2D eigenvalue weighted by Crippen LogP contribution is -2.38. The van der Waals surface area contributed by atoms with Gasteiger partial charge in [0.05, 0.1) is 27.5 Å². The van der Waals surface area contributed by atoms with E-state index < -0.39 is 4.92 Å². The number of nitro groups is 1. The van der Waals surface area contributed by atoms with Gasteiger partial charge in [0.25, 0.3) is 5.69 Å². The van der Waals surface area contributed by atoms with E-state index in [-0.39, 0.29) is 51.9 Å². The number of hydrogen-bond acceptors (Lipinski definition) is 4. The number of anilines is 1. The molecule has 2 fully saturated rings. The van der Waals surface area contributed by atoms with E-state index in [0.29, 0.717) is 0 Å². The van der Waals surface area contributed by atoms with Crippen LogP contribution < -0.4 is 4.90 Å². The minimum atomic E-state index is -0.566. The van der Waals surface area contributed by atoms with Gasteiger partial charge in [-0.3, -0.25) is 19.7 Å². The van der Waals surface area contributed by atoms with Crippen molar-refractivity contribution >= 4 is 34.8 Å². The third-order valence-electron chi connectivity index (χ3n) is 5.14. The van der Waals surface area contributed by atoms with Crippen LogP contribution in [0.15, 0.2) is 30.4 Å². The van der Waals surface area contributed by atoms with E-state index in [1.54, 1.807) is 0 Å². The molecule has 3 aliphatic carbocycles. The van der Waals surface area contributed by atoms with Crippen molar-refractivity contribution in [3.8, 4) is 0 Å². The summed E-state index contributed by atoms with van der Waals surface area (Å²) < 4.78 is 0. The number of allylic oxidation sites excluding steroid dienone is 2. The fraction of sp³-hybridized carbons (Fsp3) is 0.375. The second-order valence-corrected chi connectivity index (χ2v) is 6.65. The van der Waals surface area contributed by atoms with Gasteiger partial charge in [-0.25, -0.2) is 4.90 Å². The van der Waals surface area contributed by atoms with Gasteiger partial charge < -0.3 is 0 Å². The zero-order valence-corrected chi connectivity index (χ0v) is 12.8.